The van der Waals surface area contributed by atoms with Gasteiger partial charge < -0.3 is 9.84 Å². The van der Waals surface area contributed by atoms with Gasteiger partial charge in [-0.25, -0.2) is 8.42 Å². The van der Waals surface area contributed by atoms with Crippen molar-refractivity contribution in [1.82, 2.24) is 4.90 Å². The quantitative estimate of drug-likeness (QED) is 0.331. The Morgan fingerprint density at radius 3 is 2.33 bits per heavy atom. The van der Waals surface area contributed by atoms with E-state index in [1.165, 1.54) is 17.1 Å². The Morgan fingerprint density at radius 2 is 1.58 bits per heavy atom. The third kappa shape index (κ3) is 5.48. The predicted octanol–water partition coefficient (Wildman–Crippen LogP) is 5.42. The van der Waals surface area contributed by atoms with Crippen molar-refractivity contribution >= 4 is 26.5 Å². The molecule has 0 bridgehead atoms. The van der Waals surface area contributed by atoms with Crippen LogP contribution in [0.1, 0.15) is 18.4 Å². The number of aromatic hydroxyl groups is 1. The third-order valence-electron chi connectivity index (χ3n) is 6.55. The van der Waals surface area contributed by atoms with Gasteiger partial charge in [0.05, 0.1) is 17.1 Å². The standard InChI is InChI=1S/C29H30N2O4S/c32-27-9-5-6-23(20-27)22-31(36(33,34)29-15-10-24-7-1-2-8-25(24)21-29)26-11-13-28(14-12-26)35-19-18-30-16-3-4-17-30/h1-2,5-15,20-21,32H,3-4,16-19,22H2. The summed E-state index contributed by atoms with van der Waals surface area (Å²) in [5.41, 5.74) is 1.21. The van der Waals surface area contributed by atoms with Crippen molar-refractivity contribution in [3.05, 3.63) is 96.6 Å². The average Bonchev–Trinajstić information content (AvgIpc) is 3.41. The molecule has 36 heavy (non-hydrogen) atoms. The highest BCUT2D eigenvalue weighted by Gasteiger charge is 2.26. The van der Waals surface area contributed by atoms with Crippen LogP contribution in [0.4, 0.5) is 5.69 Å². The number of hydrogen-bond acceptors (Lipinski definition) is 5. The first-order valence-corrected chi connectivity index (χ1v) is 13.7. The number of likely N-dealkylation sites (tertiary alicyclic amines) is 1. The molecule has 5 rings (SSSR count). The Labute approximate surface area is 212 Å². The molecule has 0 unspecified atom stereocenters. The van der Waals surface area contributed by atoms with Crippen molar-refractivity contribution in [2.24, 2.45) is 0 Å². The molecule has 4 aromatic carbocycles. The fraction of sp³-hybridized carbons (Fsp3) is 0.241. The monoisotopic (exact) mass is 502 g/mol. The minimum Gasteiger partial charge on any atom is -0.508 e. The van der Waals surface area contributed by atoms with Crippen molar-refractivity contribution in [2.75, 3.05) is 30.5 Å². The van der Waals surface area contributed by atoms with Crippen LogP contribution in [-0.2, 0) is 16.6 Å². The smallest absolute Gasteiger partial charge is 0.264 e. The number of hydrogen-bond donors (Lipinski definition) is 1. The maximum absolute atomic E-state index is 13.9. The van der Waals surface area contributed by atoms with Gasteiger partial charge in [0.2, 0.25) is 0 Å². The maximum atomic E-state index is 13.9. The zero-order chi connectivity index (χ0) is 25.0. The summed E-state index contributed by atoms with van der Waals surface area (Å²) in [5, 5.41) is 11.8. The molecule has 1 heterocycles. The van der Waals surface area contributed by atoms with Gasteiger partial charge in [0, 0.05) is 6.54 Å². The lowest BCUT2D eigenvalue weighted by molar-refractivity contribution is 0.238. The van der Waals surface area contributed by atoms with Crippen LogP contribution in [0.5, 0.6) is 11.5 Å². The van der Waals surface area contributed by atoms with Gasteiger partial charge in [-0.2, -0.15) is 0 Å². The van der Waals surface area contributed by atoms with Gasteiger partial charge in [-0.05, 0) is 90.8 Å². The summed E-state index contributed by atoms with van der Waals surface area (Å²) in [7, 11) is -3.89. The van der Waals surface area contributed by atoms with E-state index < -0.39 is 10.0 Å². The van der Waals surface area contributed by atoms with Crippen LogP contribution in [0.25, 0.3) is 10.8 Å². The van der Waals surface area contributed by atoms with Crippen LogP contribution in [0.15, 0.2) is 95.9 Å². The maximum Gasteiger partial charge on any atom is 0.264 e. The number of anilines is 1. The van der Waals surface area contributed by atoms with Crippen LogP contribution < -0.4 is 9.04 Å². The zero-order valence-corrected chi connectivity index (χ0v) is 20.9. The first-order chi connectivity index (χ1) is 17.5. The minimum absolute atomic E-state index is 0.0821. The summed E-state index contributed by atoms with van der Waals surface area (Å²) in [6.07, 6.45) is 2.49. The molecule has 1 aliphatic heterocycles. The van der Waals surface area contributed by atoms with Crippen LogP contribution in [0, 0.1) is 0 Å². The normalized spacial score (nSPS) is 14.2. The van der Waals surface area contributed by atoms with Gasteiger partial charge >= 0.3 is 0 Å². The van der Waals surface area contributed by atoms with Crippen LogP contribution in [0.2, 0.25) is 0 Å². The largest absolute Gasteiger partial charge is 0.508 e. The van der Waals surface area contributed by atoms with E-state index in [0.717, 1.165) is 30.4 Å². The fourth-order valence-electron chi connectivity index (χ4n) is 4.60. The number of sulfonamides is 1. The molecule has 7 heteroatoms. The molecule has 0 saturated carbocycles. The summed E-state index contributed by atoms with van der Waals surface area (Å²) < 4.78 is 35.1. The number of nitrogens with zero attached hydrogens (tertiary/aromatic N) is 2. The summed E-state index contributed by atoms with van der Waals surface area (Å²) in [5.74, 6) is 0.802. The van der Waals surface area contributed by atoms with E-state index in [1.54, 1.807) is 48.5 Å². The summed E-state index contributed by atoms with van der Waals surface area (Å²) in [6, 6.07) is 26.7. The fourth-order valence-corrected chi connectivity index (χ4v) is 6.09. The highest BCUT2D eigenvalue weighted by molar-refractivity contribution is 7.92. The average molecular weight is 503 g/mol. The van der Waals surface area contributed by atoms with Crippen molar-refractivity contribution < 1.29 is 18.3 Å². The lowest BCUT2D eigenvalue weighted by Crippen LogP contribution is -2.30. The Hall–Kier alpha value is -3.55. The lowest BCUT2D eigenvalue weighted by atomic mass is 10.1. The molecule has 1 saturated heterocycles. The second kappa shape index (κ2) is 10.6. The molecule has 0 atom stereocenters. The van der Waals surface area contributed by atoms with Crippen LogP contribution in [0.3, 0.4) is 0 Å². The van der Waals surface area contributed by atoms with Crippen molar-refractivity contribution in [2.45, 2.75) is 24.3 Å². The van der Waals surface area contributed by atoms with E-state index in [4.69, 9.17) is 4.74 Å². The van der Waals surface area contributed by atoms with E-state index in [-0.39, 0.29) is 17.2 Å². The van der Waals surface area contributed by atoms with Crippen molar-refractivity contribution in [3.63, 3.8) is 0 Å². The van der Waals surface area contributed by atoms with Crippen molar-refractivity contribution in [1.29, 1.82) is 0 Å². The molecular weight excluding hydrogens is 472 g/mol. The van der Waals surface area contributed by atoms with Gasteiger partial charge in [-0.15, -0.1) is 0 Å². The molecular formula is C29H30N2O4S. The third-order valence-corrected chi connectivity index (χ3v) is 8.32. The first-order valence-electron chi connectivity index (χ1n) is 12.2. The van der Waals surface area contributed by atoms with Crippen LogP contribution >= 0.6 is 0 Å². The highest BCUT2D eigenvalue weighted by Crippen LogP contribution is 2.30. The minimum atomic E-state index is -3.89. The van der Waals surface area contributed by atoms with Crippen molar-refractivity contribution in [3.8, 4) is 11.5 Å². The number of rotatable bonds is 9. The molecule has 1 aliphatic rings. The molecule has 186 valence electrons. The van der Waals surface area contributed by atoms with Gasteiger partial charge in [0.15, 0.2) is 0 Å². The molecule has 4 aromatic rings. The molecule has 0 aromatic heterocycles. The number of fused-ring (bicyclic) bond motifs is 1. The second-order valence-corrected chi connectivity index (χ2v) is 10.9. The Balaban J connectivity index is 1.42. The second-order valence-electron chi connectivity index (χ2n) is 9.08. The highest BCUT2D eigenvalue weighted by atomic mass is 32.2. The van der Waals surface area contributed by atoms with Gasteiger partial charge in [-0.3, -0.25) is 9.21 Å². The number of ether oxygens (including phenoxy) is 1. The lowest BCUT2D eigenvalue weighted by Gasteiger charge is -2.25. The molecule has 1 fully saturated rings. The number of benzene rings is 4. The topological polar surface area (TPSA) is 70.1 Å². The summed E-state index contributed by atoms with van der Waals surface area (Å²) in [6.45, 7) is 3.82. The van der Waals surface area contributed by atoms with E-state index >= 15 is 0 Å². The van der Waals surface area contributed by atoms with Gasteiger partial charge in [0.25, 0.3) is 10.0 Å². The zero-order valence-electron chi connectivity index (χ0n) is 20.1. The molecule has 0 spiro atoms. The SMILES string of the molecule is O=S(=O)(c1ccc2ccccc2c1)N(Cc1cccc(O)c1)c1ccc(OCCN2CCCC2)cc1. The predicted molar refractivity (Wildman–Crippen MR) is 143 cm³/mol. The first kappa shape index (κ1) is 24.2. The molecule has 0 aliphatic carbocycles. The summed E-state index contributed by atoms with van der Waals surface area (Å²) in [4.78, 5) is 2.61. The number of phenols is 1. The Morgan fingerprint density at radius 1 is 0.833 bits per heavy atom. The summed E-state index contributed by atoms with van der Waals surface area (Å²) >= 11 is 0. The Bertz CT molecular complexity index is 1430. The van der Waals surface area contributed by atoms with E-state index in [1.807, 2.05) is 42.5 Å². The van der Waals surface area contributed by atoms with E-state index in [2.05, 4.69) is 4.90 Å². The Kier molecular flexibility index (Phi) is 7.11. The number of phenolic OH excluding ortho intramolecular Hbond substituents is 1. The molecule has 0 radical (unpaired) electrons. The molecule has 1 N–H and O–H groups in total. The van der Waals surface area contributed by atoms with Gasteiger partial charge in [0.1, 0.15) is 18.1 Å². The van der Waals surface area contributed by atoms with E-state index in [0.29, 0.717) is 23.6 Å². The molecule has 6 nitrogen and oxygen atoms in total. The van der Waals surface area contributed by atoms with Crippen LogP contribution in [-0.4, -0.2) is 44.7 Å². The molecule has 0 amide bonds. The van der Waals surface area contributed by atoms with Gasteiger partial charge in [-0.1, -0.05) is 42.5 Å². The van der Waals surface area contributed by atoms with E-state index in [9.17, 15) is 13.5 Å².